The molecule has 2 N–H and O–H groups in total. The number of carbonyl (C=O) groups excluding carboxylic acids is 1. The molecular formula is C27H31N3O3S. The zero-order valence-electron chi connectivity index (χ0n) is 19.9. The van der Waals surface area contributed by atoms with Gasteiger partial charge >= 0.3 is 0 Å². The summed E-state index contributed by atoms with van der Waals surface area (Å²) in [5.74, 6) is -0.353. The molecule has 0 atom stereocenters. The Morgan fingerprint density at radius 3 is 2.26 bits per heavy atom. The van der Waals surface area contributed by atoms with E-state index in [9.17, 15) is 13.2 Å². The Morgan fingerprint density at radius 2 is 1.56 bits per heavy atom. The number of hydrogen-bond acceptors (Lipinski definition) is 4. The van der Waals surface area contributed by atoms with Crippen molar-refractivity contribution in [3.05, 3.63) is 82.9 Å². The highest BCUT2D eigenvalue weighted by Crippen LogP contribution is 2.26. The van der Waals surface area contributed by atoms with Crippen molar-refractivity contribution in [2.75, 3.05) is 28.0 Å². The Hall–Kier alpha value is -3.32. The molecule has 1 amide bonds. The SMILES string of the molecule is Cc1ccc(C(=O)Nc2ccc(N3CCCCC3)cc2)cc1S(=O)(=O)Nc1cccc(C)c1C. The smallest absolute Gasteiger partial charge is 0.262 e. The maximum absolute atomic E-state index is 13.2. The van der Waals surface area contributed by atoms with Gasteiger partial charge in [0.15, 0.2) is 0 Å². The molecule has 4 rings (SSSR count). The van der Waals surface area contributed by atoms with E-state index in [0.29, 0.717) is 16.9 Å². The number of anilines is 3. The molecule has 0 spiro atoms. The number of nitrogens with one attached hydrogen (secondary N) is 2. The second kappa shape index (κ2) is 9.89. The predicted octanol–water partition coefficient (Wildman–Crippen LogP) is 5.66. The van der Waals surface area contributed by atoms with E-state index in [2.05, 4.69) is 14.9 Å². The van der Waals surface area contributed by atoms with Gasteiger partial charge in [0.2, 0.25) is 0 Å². The van der Waals surface area contributed by atoms with E-state index in [4.69, 9.17) is 0 Å². The minimum Gasteiger partial charge on any atom is -0.372 e. The van der Waals surface area contributed by atoms with Crippen LogP contribution in [0.3, 0.4) is 0 Å². The van der Waals surface area contributed by atoms with Crippen LogP contribution in [0.1, 0.15) is 46.3 Å². The lowest BCUT2D eigenvalue weighted by Crippen LogP contribution is -2.29. The minimum atomic E-state index is -3.87. The molecule has 0 bridgehead atoms. The molecule has 0 aliphatic carbocycles. The molecule has 0 saturated carbocycles. The third kappa shape index (κ3) is 5.25. The second-order valence-corrected chi connectivity index (χ2v) is 10.5. The van der Waals surface area contributed by atoms with Gasteiger partial charge in [0.05, 0.1) is 10.6 Å². The van der Waals surface area contributed by atoms with Crippen LogP contribution in [0.4, 0.5) is 17.1 Å². The number of amides is 1. The first-order chi connectivity index (χ1) is 16.2. The molecule has 1 fully saturated rings. The van der Waals surface area contributed by atoms with E-state index >= 15 is 0 Å². The van der Waals surface area contributed by atoms with Crippen molar-refractivity contribution in [3.8, 4) is 0 Å². The average Bonchev–Trinajstić information content (AvgIpc) is 2.83. The lowest BCUT2D eigenvalue weighted by atomic mass is 10.1. The summed E-state index contributed by atoms with van der Waals surface area (Å²) in [6.07, 6.45) is 3.68. The summed E-state index contributed by atoms with van der Waals surface area (Å²) in [4.78, 5) is 15.4. The van der Waals surface area contributed by atoms with Crippen LogP contribution in [0.5, 0.6) is 0 Å². The third-order valence-electron chi connectivity index (χ3n) is 6.44. The fraction of sp³-hybridized carbons (Fsp3) is 0.296. The topological polar surface area (TPSA) is 78.5 Å². The van der Waals surface area contributed by atoms with Crippen molar-refractivity contribution in [1.29, 1.82) is 0 Å². The molecule has 1 heterocycles. The molecule has 1 aliphatic heterocycles. The predicted molar refractivity (Wildman–Crippen MR) is 138 cm³/mol. The summed E-state index contributed by atoms with van der Waals surface area (Å²) < 4.78 is 29.0. The van der Waals surface area contributed by atoms with Crippen molar-refractivity contribution in [1.82, 2.24) is 0 Å². The van der Waals surface area contributed by atoms with Crippen LogP contribution in [-0.2, 0) is 10.0 Å². The van der Waals surface area contributed by atoms with E-state index in [-0.39, 0.29) is 16.4 Å². The Kier molecular flexibility index (Phi) is 6.93. The van der Waals surface area contributed by atoms with Crippen molar-refractivity contribution < 1.29 is 13.2 Å². The highest BCUT2D eigenvalue weighted by molar-refractivity contribution is 7.92. The lowest BCUT2D eigenvalue weighted by molar-refractivity contribution is 0.102. The van der Waals surface area contributed by atoms with Crippen molar-refractivity contribution in [3.63, 3.8) is 0 Å². The highest BCUT2D eigenvalue weighted by Gasteiger charge is 2.20. The van der Waals surface area contributed by atoms with E-state index in [0.717, 1.165) is 29.9 Å². The number of piperidine rings is 1. The van der Waals surface area contributed by atoms with Crippen LogP contribution in [0.15, 0.2) is 65.6 Å². The number of sulfonamides is 1. The molecule has 0 unspecified atom stereocenters. The van der Waals surface area contributed by atoms with E-state index in [1.165, 1.54) is 25.3 Å². The molecule has 178 valence electrons. The van der Waals surface area contributed by atoms with Gasteiger partial charge in [-0.3, -0.25) is 9.52 Å². The zero-order chi connectivity index (χ0) is 24.3. The first-order valence-corrected chi connectivity index (χ1v) is 13.1. The van der Waals surface area contributed by atoms with E-state index < -0.39 is 10.0 Å². The minimum absolute atomic E-state index is 0.0847. The fourth-order valence-electron chi connectivity index (χ4n) is 4.20. The normalized spacial score (nSPS) is 14.0. The van der Waals surface area contributed by atoms with Crippen LogP contribution in [0.2, 0.25) is 0 Å². The van der Waals surface area contributed by atoms with Gasteiger partial charge in [0.1, 0.15) is 0 Å². The van der Waals surface area contributed by atoms with Crippen LogP contribution in [0.25, 0.3) is 0 Å². The Labute approximate surface area is 202 Å². The number of nitrogens with zero attached hydrogens (tertiary/aromatic N) is 1. The van der Waals surface area contributed by atoms with Crippen molar-refractivity contribution in [2.24, 2.45) is 0 Å². The average molecular weight is 478 g/mol. The lowest BCUT2D eigenvalue weighted by Gasteiger charge is -2.28. The summed E-state index contributed by atoms with van der Waals surface area (Å²) in [6, 6.07) is 18.0. The molecule has 7 heteroatoms. The largest absolute Gasteiger partial charge is 0.372 e. The maximum Gasteiger partial charge on any atom is 0.262 e. The van der Waals surface area contributed by atoms with Crippen molar-refractivity contribution in [2.45, 2.75) is 44.9 Å². The van der Waals surface area contributed by atoms with Crippen LogP contribution >= 0.6 is 0 Å². The standard InChI is InChI=1S/C27H31N3O3S/c1-19-8-7-9-25(21(19)3)29-34(32,33)26-18-22(11-10-20(26)2)27(31)28-23-12-14-24(15-13-23)30-16-5-4-6-17-30/h7-15,18,29H,4-6,16-17H2,1-3H3,(H,28,31). The number of aryl methyl sites for hydroxylation is 2. The van der Waals surface area contributed by atoms with E-state index in [1.807, 2.05) is 50.2 Å². The van der Waals surface area contributed by atoms with Gasteiger partial charge in [0.25, 0.3) is 15.9 Å². The molecule has 1 aliphatic rings. The van der Waals surface area contributed by atoms with Gasteiger partial charge in [-0.2, -0.15) is 0 Å². The number of benzene rings is 3. The first kappa shape index (κ1) is 23.8. The Bertz CT molecular complexity index is 1300. The molecule has 6 nitrogen and oxygen atoms in total. The molecule has 0 aromatic heterocycles. The molecule has 3 aromatic carbocycles. The van der Waals surface area contributed by atoms with Gasteiger partial charge in [-0.15, -0.1) is 0 Å². The number of rotatable bonds is 6. The summed E-state index contributed by atoms with van der Waals surface area (Å²) in [7, 11) is -3.87. The summed E-state index contributed by atoms with van der Waals surface area (Å²) in [6.45, 7) is 7.65. The maximum atomic E-state index is 13.2. The van der Waals surface area contributed by atoms with Gasteiger partial charge in [0, 0.05) is 30.0 Å². The number of hydrogen-bond donors (Lipinski definition) is 2. The monoisotopic (exact) mass is 477 g/mol. The molecular weight excluding hydrogens is 446 g/mol. The van der Waals surface area contributed by atoms with Gasteiger partial charge < -0.3 is 10.2 Å². The Balaban J connectivity index is 1.52. The summed E-state index contributed by atoms with van der Waals surface area (Å²) in [5.41, 5.74) is 5.07. The quantitative estimate of drug-likeness (QED) is 0.481. The van der Waals surface area contributed by atoms with Crippen LogP contribution in [0, 0.1) is 20.8 Å². The fourth-order valence-corrected chi connectivity index (χ4v) is 5.60. The van der Waals surface area contributed by atoms with Crippen LogP contribution < -0.4 is 14.9 Å². The molecule has 3 aromatic rings. The van der Waals surface area contributed by atoms with Gasteiger partial charge in [-0.05, 0) is 99.2 Å². The molecule has 1 saturated heterocycles. The molecule has 34 heavy (non-hydrogen) atoms. The highest BCUT2D eigenvalue weighted by atomic mass is 32.2. The Morgan fingerprint density at radius 1 is 0.853 bits per heavy atom. The third-order valence-corrected chi connectivity index (χ3v) is 7.94. The summed E-state index contributed by atoms with van der Waals surface area (Å²) in [5, 5.41) is 2.88. The van der Waals surface area contributed by atoms with Crippen molar-refractivity contribution >= 4 is 33.0 Å². The second-order valence-electron chi connectivity index (χ2n) is 8.88. The first-order valence-electron chi connectivity index (χ1n) is 11.6. The van der Waals surface area contributed by atoms with Gasteiger partial charge in [-0.25, -0.2) is 8.42 Å². The van der Waals surface area contributed by atoms with Gasteiger partial charge in [-0.1, -0.05) is 18.2 Å². The number of carbonyl (C=O) groups is 1. The summed E-state index contributed by atoms with van der Waals surface area (Å²) >= 11 is 0. The van der Waals surface area contributed by atoms with E-state index in [1.54, 1.807) is 25.1 Å². The molecule has 0 radical (unpaired) electrons. The zero-order valence-corrected chi connectivity index (χ0v) is 20.7. The van der Waals surface area contributed by atoms with Crippen LogP contribution in [-0.4, -0.2) is 27.4 Å².